The van der Waals surface area contributed by atoms with E-state index < -0.39 is 23.5 Å². The second kappa shape index (κ2) is 7.58. The molecule has 0 bridgehead atoms. The van der Waals surface area contributed by atoms with Crippen LogP contribution >= 0.6 is 0 Å². The molecule has 2 atom stereocenters. The van der Waals surface area contributed by atoms with Crippen LogP contribution in [0.15, 0.2) is 42.6 Å². The predicted octanol–water partition coefficient (Wildman–Crippen LogP) is 4.20. The molecule has 1 aliphatic rings. The fourth-order valence-corrected chi connectivity index (χ4v) is 4.07. The third kappa shape index (κ3) is 3.38. The Hall–Kier alpha value is -3.48. The van der Waals surface area contributed by atoms with Crippen molar-refractivity contribution in [3.8, 4) is 0 Å². The number of hydrogen-bond donors (Lipinski definition) is 0. The van der Waals surface area contributed by atoms with E-state index >= 15 is 0 Å². The number of hydrogen-bond acceptors (Lipinski definition) is 5. The number of ether oxygens (including phenoxy) is 1. The minimum atomic E-state index is -1.17. The third-order valence-electron chi connectivity index (χ3n) is 5.90. The van der Waals surface area contributed by atoms with Crippen LogP contribution in [0.2, 0.25) is 0 Å². The molecule has 32 heavy (non-hydrogen) atoms. The summed E-state index contributed by atoms with van der Waals surface area (Å²) in [6.07, 6.45) is 0.603. The van der Waals surface area contributed by atoms with Crippen LogP contribution in [0.3, 0.4) is 0 Å². The first-order valence-corrected chi connectivity index (χ1v) is 10.6. The summed E-state index contributed by atoms with van der Waals surface area (Å²) in [6.45, 7) is 10.5. The van der Waals surface area contributed by atoms with Crippen molar-refractivity contribution >= 4 is 29.0 Å². The number of benzene rings is 1. The first-order chi connectivity index (χ1) is 15.0. The smallest absolute Gasteiger partial charge is 0.312 e. The minimum Gasteiger partial charge on any atom is -0.451 e. The molecular weight excluding hydrogens is 406 g/mol. The molecule has 2 aromatic heterocycles. The van der Waals surface area contributed by atoms with Crippen LogP contribution in [0.25, 0.3) is 5.65 Å². The number of ketones is 1. The Bertz CT molecular complexity index is 1240. The zero-order chi connectivity index (χ0) is 23.4. The highest BCUT2D eigenvalue weighted by atomic mass is 16.5. The Kier molecular flexibility index (Phi) is 5.15. The summed E-state index contributed by atoms with van der Waals surface area (Å²) in [6, 6.07) is 10.1. The normalized spacial score (nSPS) is 18.6. The number of anilines is 1. The van der Waals surface area contributed by atoms with Gasteiger partial charge in [-0.25, -0.2) is 4.98 Å². The number of rotatable bonds is 2. The summed E-state index contributed by atoms with van der Waals surface area (Å²) in [5.74, 6) is -1.11. The number of aromatic nitrogens is 2. The van der Waals surface area contributed by atoms with E-state index in [1.54, 1.807) is 37.9 Å². The van der Waals surface area contributed by atoms with Gasteiger partial charge in [0.15, 0.2) is 11.8 Å². The number of pyridine rings is 1. The van der Waals surface area contributed by atoms with Gasteiger partial charge in [0, 0.05) is 18.8 Å². The average molecular weight is 434 g/mol. The van der Waals surface area contributed by atoms with Crippen LogP contribution in [-0.2, 0) is 14.3 Å². The van der Waals surface area contributed by atoms with Crippen molar-refractivity contribution in [3.63, 3.8) is 0 Å². The molecule has 0 radical (unpaired) electrons. The van der Waals surface area contributed by atoms with E-state index in [9.17, 15) is 14.4 Å². The Morgan fingerprint density at radius 1 is 1.06 bits per heavy atom. The van der Waals surface area contributed by atoms with E-state index in [-0.39, 0.29) is 11.7 Å². The molecule has 0 N–H and O–H groups in total. The van der Waals surface area contributed by atoms with Gasteiger partial charge in [-0.15, -0.1) is 0 Å². The lowest BCUT2D eigenvalue weighted by molar-refractivity contribution is -0.157. The van der Waals surface area contributed by atoms with Gasteiger partial charge in [0.25, 0.3) is 0 Å². The van der Waals surface area contributed by atoms with Crippen molar-refractivity contribution in [2.75, 3.05) is 4.90 Å². The van der Waals surface area contributed by atoms with Crippen molar-refractivity contribution in [1.29, 1.82) is 0 Å². The van der Waals surface area contributed by atoms with E-state index in [4.69, 9.17) is 4.74 Å². The molecule has 1 aromatic carbocycles. The van der Waals surface area contributed by atoms with Gasteiger partial charge in [-0.1, -0.05) is 30.3 Å². The minimum absolute atomic E-state index is 0.268. The second-order valence-corrected chi connectivity index (χ2v) is 9.24. The highest BCUT2D eigenvalue weighted by molar-refractivity contribution is 6.14. The summed E-state index contributed by atoms with van der Waals surface area (Å²) in [5, 5.41) is 0. The molecule has 166 valence electrons. The zero-order valence-electron chi connectivity index (χ0n) is 19.2. The van der Waals surface area contributed by atoms with Crippen molar-refractivity contribution < 1.29 is 19.1 Å². The number of Topliss-reactive ketones (excluding diaryl/α,β-unsaturated/α-hetero) is 1. The maximum Gasteiger partial charge on any atom is 0.312 e. The molecule has 1 amide bonds. The van der Waals surface area contributed by atoms with Gasteiger partial charge >= 0.3 is 5.97 Å². The lowest BCUT2D eigenvalue weighted by Crippen LogP contribution is -2.50. The summed E-state index contributed by atoms with van der Waals surface area (Å²) >= 11 is 0. The van der Waals surface area contributed by atoms with Gasteiger partial charge in [0.1, 0.15) is 6.04 Å². The van der Waals surface area contributed by atoms with Gasteiger partial charge in [-0.3, -0.25) is 19.3 Å². The molecule has 0 saturated heterocycles. The van der Waals surface area contributed by atoms with Crippen molar-refractivity contribution in [2.24, 2.45) is 5.41 Å². The molecule has 0 fully saturated rings. The maximum absolute atomic E-state index is 13.7. The Balaban J connectivity index is 2.00. The van der Waals surface area contributed by atoms with E-state index in [1.807, 2.05) is 48.6 Å². The first-order valence-electron chi connectivity index (χ1n) is 10.6. The second-order valence-electron chi connectivity index (χ2n) is 9.24. The Labute approximate surface area is 187 Å². The van der Waals surface area contributed by atoms with Crippen LogP contribution in [0.5, 0.6) is 0 Å². The van der Waals surface area contributed by atoms with E-state index in [2.05, 4.69) is 4.98 Å². The van der Waals surface area contributed by atoms with Gasteiger partial charge < -0.3 is 9.14 Å². The summed E-state index contributed by atoms with van der Waals surface area (Å²) in [4.78, 5) is 45.8. The zero-order valence-corrected chi connectivity index (χ0v) is 19.2. The summed E-state index contributed by atoms with van der Waals surface area (Å²) in [7, 11) is 0. The fourth-order valence-electron chi connectivity index (χ4n) is 4.07. The van der Waals surface area contributed by atoms with E-state index in [1.165, 1.54) is 6.92 Å². The lowest BCUT2D eigenvalue weighted by Gasteiger charge is -2.41. The topological polar surface area (TPSA) is 81.0 Å². The van der Waals surface area contributed by atoms with Gasteiger partial charge in [0.2, 0.25) is 11.7 Å². The fraction of sp³-hybridized carbons (Fsp3) is 0.360. The van der Waals surface area contributed by atoms with Crippen LogP contribution in [0, 0.1) is 19.3 Å². The van der Waals surface area contributed by atoms with Crippen molar-refractivity contribution in [2.45, 2.75) is 53.7 Å². The SMILES string of the molecule is CC(=O)N1c2c(ccn3c(C)c(C)nc23)C(=O)[C@H](OC(=O)C(C)(C)C)[C@H]1c1ccccc1. The number of imidazole rings is 1. The first kappa shape index (κ1) is 21.7. The third-order valence-corrected chi connectivity index (χ3v) is 5.90. The van der Waals surface area contributed by atoms with Gasteiger partial charge in [-0.2, -0.15) is 0 Å². The molecule has 0 spiro atoms. The van der Waals surface area contributed by atoms with Crippen LogP contribution in [0.1, 0.15) is 61.0 Å². The highest BCUT2D eigenvalue weighted by Crippen LogP contribution is 2.43. The highest BCUT2D eigenvalue weighted by Gasteiger charge is 2.47. The van der Waals surface area contributed by atoms with Crippen LogP contribution < -0.4 is 4.90 Å². The molecule has 0 saturated carbocycles. The molecule has 4 rings (SSSR count). The van der Waals surface area contributed by atoms with Gasteiger partial charge in [-0.05, 0) is 46.2 Å². The number of fused-ring (bicyclic) bond motifs is 3. The predicted molar refractivity (Wildman–Crippen MR) is 121 cm³/mol. The lowest BCUT2D eigenvalue weighted by atomic mass is 9.87. The Morgan fingerprint density at radius 2 is 1.72 bits per heavy atom. The van der Waals surface area contributed by atoms with Crippen molar-refractivity contribution in [3.05, 3.63) is 65.1 Å². The standard InChI is InChI=1S/C25H27N3O4/c1-14-15(2)27-13-12-18-20(23(27)26-14)28(16(3)29)19(17-10-8-7-9-11-17)22(21(18)30)32-24(31)25(4,5)6/h7-13,19,22H,1-6H3/t19-,22-/m1/s1. The molecular formula is C25H27N3O4. The summed E-state index contributed by atoms with van der Waals surface area (Å²) in [5.41, 5.74) is 2.93. The number of amides is 1. The number of esters is 1. The number of aryl methyl sites for hydroxylation is 2. The quantitative estimate of drug-likeness (QED) is 0.566. The largest absolute Gasteiger partial charge is 0.451 e. The molecule has 3 aromatic rings. The number of carbonyl (C=O) groups is 3. The molecule has 7 nitrogen and oxygen atoms in total. The molecule has 1 aliphatic heterocycles. The van der Waals surface area contributed by atoms with E-state index in [0.717, 1.165) is 11.4 Å². The number of carbonyl (C=O) groups excluding carboxylic acids is 3. The van der Waals surface area contributed by atoms with Gasteiger partial charge in [0.05, 0.1) is 22.4 Å². The Morgan fingerprint density at radius 3 is 2.31 bits per heavy atom. The monoisotopic (exact) mass is 433 g/mol. The van der Waals surface area contributed by atoms with Crippen LogP contribution in [0.4, 0.5) is 5.69 Å². The average Bonchev–Trinajstić information content (AvgIpc) is 3.03. The molecule has 0 aliphatic carbocycles. The number of nitrogens with zero attached hydrogens (tertiary/aromatic N) is 3. The van der Waals surface area contributed by atoms with Crippen LogP contribution in [-0.4, -0.2) is 33.1 Å². The van der Waals surface area contributed by atoms with E-state index in [0.29, 0.717) is 22.5 Å². The maximum atomic E-state index is 13.7. The molecule has 0 unspecified atom stereocenters. The molecule has 7 heteroatoms. The summed E-state index contributed by atoms with van der Waals surface area (Å²) < 4.78 is 7.68. The molecule has 3 heterocycles. The van der Waals surface area contributed by atoms with Crippen molar-refractivity contribution in [1.82, 2.24) is 9.38 Å².